The number of carbonyl (C=O) groups excluding carboxylic acids is 2. The van der Waals surface area contributed by atoms with Gasteiger partial charge in [0.15, 0.2) is 0 Å². The van der Waals surface area contributed by atoms with E-state index in [2.05, 4.69) is 15.9 Å². The summed E-state index contributed by atoms with van der Waals surface area (Å²) < 4.78 is 0.803. The average molecular weight is 417 g/mol. The number of amides is 1. The molecule has 132 valence electrons. The smallest absolute Gasteiger partial charge is 0.295 e. The Labute approximate surface area is 156 Å². The highest BCUT2D eigenvalue weighted by Gasteiger charge is 2.44. The summed E-state index contributed by atoms with van der Waals surface area (Å²) in [6, 6.07) is 11.4. The number of Topliss-reactive ketones (excluding diaryl/α,β-unsaturated/α-hetero) is 1. The van der Waals surface area contributed by atoms with Gasteiger partial charge in [0, 0.05) is 29.2 Å². The van der Waals surface area contributed by atoms with Crippen molar-refractivity contribution < 1.29 is 19.6 Å². The number of likely N-dealkylation sites (tertiary alicyclic amines) is 1. The molecular weight excluding hydrogens is 404 g/mol. The molecule has 0 aliphatic carbocycles. The molecule has 1 fully saturated rings. The first-order chi connectivity index (χ1) is 12.3. The van der Waals surface area contributed by atoms with Gasteiger partial charge < -0.3 is 10.0 Å². The number of hydrogen-bond acceptors (Lipinski definition) is 5. The topological polar surface area (TPSA) is 101 Å². The SMILES string of the molecule is CN1C(=O)C(=O)C(=C(O)c2ccc(Br)cc2)C1c1ccc([N+](=O)[O-])cc1. The molecule has 2 aromatic carbocycles. The maximum atomic E-state index is 12.4. The maximum Gasteiger partial charge on any atom is 0.295 e. The molecule has 1 saturated heterocycles. The highest BCUT2D eigenvalue weighted by molar-refractivity contribution is 9.10. The van der Waals surface area contributed by atoms with Gasteiger partial charge in [-0.25, -0.2) is 0 Å². The number of nitro groups is 1. The third-order valence-corrected chi connectivity index (χ3v) is 4.74. The van der Waals surface area contributed by atoms with Gasteiger partial charge in [-0.1, -0.05) is 28.1 Å². The molecular formula is C18H13BrN2O5. The Balaban J connectivity index is 2.13. The van der Waals surface area contributed by atoms with E-state index in [1.165, 1.54) is 36.2 Å². The molecule has 3 rings (SSSR count). The Bertz CT molecular complexity index is 935. The van der Waals surface area contributed by atoms with E-state index in [1.807, 2.05) is 0 Å². The number of nitro benzene ring substituents is 1. The predicted molar refractivity (Wildman–Crippen MR) is 97.3 cm³/mol. The van der Waals surface area contributed by atoms with Crippen molar-refractivity contribution in [2.75, 3.05) is 7.05 Å². The number of carbonyl (C=O) groups is 2. The fraction of sp³-hybridized carbons (Fsp3) is 0.111. The van der Waals surface area contributed by atoms with Gasteiger partial charge in [0.05, 0.1) is 16.5 Å². The van der Waals surface area contributed by atoms with Crippen molar-refractivity contribution in [3.05, 3.63) is 79.8 Å². The van der Waals surface area contributed by atoms with Crippen LogP contribution in [0.3, 0.4) is 0 Å². The summed E-state index contributed by atoms with van der Waals surface area (Å²) in [4.78, 5) is 36.1. The number of aliphatic hydroxyl groups excluding tert-OH is 1. The van der Waals surface area contributed by atoms with E-state index in [0.717, 1.165) is 4.47 Å². The molecule has 1 atom stereocenters. The van der Waals surface area contributed by atoms with Gasteiger partial charge in [0.2, 0.25) is 0 Å². The zero-order valence-corrected chi connectivity index (χ0v) is 15.1. The molecule has 8 heteroatoms. The quantitative estimate of drug-likeness (QED) is 0.271. The molecule has 0 aromatic heterocycles. The first kappa shape index (κ1) is 17.8. The van der Waals surface area contributed by atoms with Crippen molar-refractivity contribution in [2.45, 2.75) is 6.04 Å². The molecule has 7 nitrogen and oxygen atoms in total. The van der Waals surface area contributed by atoms with Crippen molar-refractivity contribution in [3.63, 3.8) is 0 Å². The minimum Gasteiger partial charge on any atom is -0.507 e. The largest absolute Gasteiger partial charge is 0.507 e. The Hall–Kier alpha value is -3.00. The molecule has 1 amide bonds. The first-order valence-electron chi connectivity index (χ1n) is 7.56. The molecule has 0 saturated carbocycles. The Morgan fingerprint density at radius 1 is 1.12 bits per heavy atom. The number of nitrogens with zero attached hydrogens (tertiary/aromatic N) is 2. The Morgan fingerprint density at radius 2 is 1.69 bits per heavy atom. The minimum atomic E-state index is -0.820. The molecule has 0 radical (unpaired) electrons. The number of non-ortho nitro benzene ring substituents is 1. The second-order valence-corrected chi connectivity index (χ2v) is 6.68. The zero-order valence-electron chi connectivity index (χ0n) is 13.5. The van der Waals surface area contributed by atoms with E-state index in [4.69, 9.17) is 0 Å². The van der Waals surface area contributed by atoms with Crippen LogP contribution in [0.25, 0.3) is 5.76 Å². The summed E-state index contributed by atoms with van der Waals surface area (Å²) >= 11 is 3.29. The van der Waals surface area contributed by atoms with Gasteiger partial charge in [-0.15, -0.1) is 0 Å². The second kappa shape index (κ2) is 6.72. The molecule has 1 aliphatic rings. The van der Waals surface area contributed by atoms with Crippen molar-refractivity contribution in [2.24, 2.45) is 0 Å². The second-order valence-electron chi connectivity index (χ2n) is 5.77. The lowest BCUT2D eigenvalue weighted by Crippen LogP contribution is -2.24. The number of likely N-dealkylation sites (N-methyl/N-ethyl adjacent to an activating group) is 1. The third kappa shape index (κ3) is 2.99. The van der Waals surface area contributed by atoms with Crippen LogP contribution in [0.1, 0.15) is 17.2 Å². The lowest BCUT2D eigenvalue weighted by atomic mass is 9.95. The molecule has 26 heavy (non-hydrogen) atoms. The van der Waals surface area contributed by atoms with Gasteiger partial charge in [0.25, 0.3) is 17.4 Å². The minimum absolute atomic E-state index is 0.0475. The van der Waals surface area contributed by atoms with E-state index in [9.17, 15) is 24.8 Å². The van der Waals surface area contributed by atoms with Crippen LogP contribution >= 0.6 is 15.9 Å². The highest BCUT2D eigenvalue weighted by atomic mass is 79.9. The van der Waals surface area contributed by atoms with E-state index < -0.39 is 22.7 Å². The van der Waals surface area contributed by atoms with Crippen LogP contribution in [-0.4, -0.2) is 33.7 Å². The van der Waals surface area contributed by atoms with Crippen molar-refractivity contribution in [1.82, 2.24) is 4.90 Å². The number of hydrogen-bond donors (Lipinski definition) is 1. The number of halogens is 1. The molecule has 1 unspecified atom stereocenters. The summed E-state index contributed by atoms with van der Waals surface area (Å²) in [7, 11) is 1.45. The lowest BCUT2D eigenvalue weighted by molar-refractivity contribution is -0.384. The summed E-state index contributed by atoms with van der Waals surface area (Å²) in [6.07, 6.45) is 0. The molecule has 0 bridgehead atoms. The summed E-state index contributed by atoms with van der Waals surface area (Å²) in [5.41, 5.74) is 0.742. The third-order valence-electron chi connectivity index (χ3n) is 4.21. The average Bonchev–Trinajstić information content (AvgIpc) is 2.86. The fourth-order valence-corrected chi connectivity index (χ4v) is 3.14. The van der Waals surface area contributed by atoms with Gasteiger partial charge in [-0.2, -0.15) is 0 Å². The van der Waals surface area contributed by atoms with Crippen LogP contribution in [0.4, 0.5) is 5.69 Å². The fourth-order valence-electron chi connectivity index (χ4n) is 2.88. The van der Waals surface area contributed by atoms with E-state index in [1.54, 1.807) is 24.3 Å². The molecule has 1 N–H and O–H groups in total. The first-order valence-corrected chi connectivity index (χ1v) is 8.35. The van der Waals surface area contributed by atoms with Crippen molar-refractivity contribution >= 4 is 39.1 Å². The molecule has 1 aliphatic heterocycles. The highest BCUT2D eigenvalue weighted by Crippen LogP contribution is 2.38. The molecule has 1 heterocycles. The number of rotatable bonds is 3. The number of benzene rings is 2. The molecule has 0 spiro atoms. The van der Waals surface area contributed by atoms with Crippen LogP contribution in [-0.2, 0) is 9.59 Å². The van der Waals surface area contributed by atoms with Gasteiger partial charge >= 0.3 is 0 Å². The predicted octanol–water partition coefficient (Wildman–Crippen LogP) is 3.41. The summed E-state index contributed by atoms with van der Waals surface area (Å²) in [6.45, 7) is 0. The Kier molecular flexibility index (Phi) is 4.60. The summed E-state index contributed by atoms with van der Waals surface area (Å²) in [5, 5.41) is 21.5. The normalized spacial score (nSPS) is 19.0. The lowest BCUT2D eigenvalue weighted by Gasteiger charge is -2.20. The number of aliphatic hydroxyl groups is 1. The van der Waals surface area contributed by atoms with Gasteiger partial charge in [0.1, 0.15) is 5.76 Å². The van der Waals surface area contributed by atoms with Crippen LogP contribution < -0.4 is 0 Å². The molecule has 2 aromatic rings. The van der Waals surface area contributed by atoms with Crippen molar-refractivity contribution in [1.29, 1.82) is 0 Å². The number of ketones is 1. The van der Waals surface area contributed by atoms with Crippen LogP contribution in [0.5, 0.6) is 0 Å². The Morgan fingerprint density at radius 3 is 2.23 bits per heavy atom. The van der Waals surface area contributed by atoms with Crippen LogP contribution in [0, 0.1) is 10.1 Å². The monoisotopic (exact) mass is 416 g/mol. The zero-order chi connectivity index (χ0) is 19.0. The van der Waals surface area contributed by atoms with Crippen LogP contribution in [0.15, 0.2) is 58.6 Å². The van der Waals surface area contributed by atoms with Crippen molar-refractivity contribution in [3.8, 4) is 0 Å². The van der Waals surface area contributed by atoms with Gasteiger partial charge in [-0.05, 0) is 29.8 Å². The summed E-state index contributed by atoms with van der Waals surface area (Å²) in [5.74, 6) is -1.83. The maximum absolute atomic E-state index is 12.4. The van der Waals surface area contributed by atoms with E-state index in [-0.39, 0.29) is 17.0 Å². The van der Waals surface area contributed by atoms with E-state index >= 15 is 0 Å². The van der Waals surface area contributed by atoms with Crippen LogP contribution in [0.2, 0.25) is 0 Å². The van der Waals surface area contributed by atoms with Gasteiger partial charge in [-0.3, -0.25) is 19.7 Å². The standard InChI is InChI=1S/C18H13BrN2O5/c1-20-15(10-4-8-13(9-5-10)21(25)26)14(17(23)18(20)24)16(22)11-2-6-12(19)7-3-11/h2-9,15,22H,1H3. The van der Waals surface area contributed by atoms with E-state index in [0.29, 0.717) is 11.1 Å².